The number of hydrogen-bond donors (Lipinski definition) is 1. The lowest BCUT2D eigenvalue weighted by molar-refractivity contribution is -0.142. The standard InChI is InChI=1S/C23H29IN2O4/c1-5-16(2)25-23(28)17(3)26(14-18-6-10-20(29-4)11-7-18)22(27)15-30-21-12-8-19(24)9-13-21/h6-13,16-17H,5,14-15H2,1-4H3,(H,25,28)/t16-,17+/m0/s1. The number of methoxy groups -OCH3 is 1. The second-order valence-corrected chi connectivity index (χ2v) is 8.35. The Bertz CT molecular complexity index is 824. The molecule has 2 aromatic carbocycles. The largest absolute Gasteiger partial charge is 0.497 e. The summed E-state index contributed by atoms with van der Waals surface area (Å²) in [6.45, 7) is 5.85. The molecule has 0 saturated heterocycles. The topological polar surface area (TPSA) is 67.9 Å². The molecule has 2 aromatic rings. The molecule has 0 radical (unpaired) electrons. The molecule has 0 unspecified atom stereocenters. The van der Waals surface area contributed by atoms with Crippen molar-refractivity contribution in [3.05, 3.63) is 57.7 Å². The lowest BCUT2D eigenvalue weighted by Crippen LogP contribution is -2.50. The van der Waals surface area contributed by atoms with Gasteiger partial charge in [0, 0.05) is 16.2 Å². The smallest absolute Gasteiger partial charge is 0.261 e. The molecule has 6 nitrogen and oxygen atoms in total. The fraction of sp³-hybridized carbons (Fsp3) is 0.391. The van der Waals surface area contributed by atoms with Crippen LogP contribution in [0.15, 0.2) is 48.5 Å². The zero-order valence-electron chi connectivity index (χ0n) is 17.9. The van der Waals surface area contributed by atoms with E-state index in [1.54, 1.807) is 18.9 Å². The Morgan fingerprint density at radius 1 is 1.03 bits per heavy atom. The Hall–Kier alpha value is -2.29. The lowest BCUT2D eigenvalue weighted by Gasteiger charge is -2.29. The van der Waals surface area contributed by atoms with E-state index < -0.39 is 6.04 Å². The number of carbonyl (C=O) groups is 2. The van der Waals surface area contributed by atoms with Gasteiger partial charge < -0.3 is 19.7 Å². The predicted octanol–water partition coefficient (Wildman–Crippen LogP) is 4.01. The molecule has 7 heteroatoms. The van der Waals surface area contributed by atoms with Gasteiger partial charge in [-0.2, -0.15) is 0 Å². The number of carbonyl (C=O) groups excluding carboxylic acids is 2. The highest BCUT2D eigenvalue weighted by Crippen LogP contribution is 2.17. The maximum absolute atomic E-state index is 13.0. The van der Waals surface area contributed by atoms with Crippen LogP contribution in [0.25, 0.3) is 0 Å². The number of halogens is 1. The first kappa shape index (κ1) is 24.0. The third-order valence-electron chi connectivity index (χ3n) is 4.86. The summed E-state index contributed by atoms with van der Waals surface area (Å²) in [5.41, 5.74) is 0.904. The first-order valence-electron chi connectivity index (χ1n) is 9.95. The van der Waals surface area contributed by atoms with E-state index in [2.05, 4.69) is 27.9 Å². The molecule has 0 spiro atoms. The quantitative estimate of drug-likeness (QED) is 0.477. The van der Waals surface area contributed by atoms with Crippen molar-refractivity contribution in [2.45, 2.75) is 45.8 Å². The summed E-state index contributed by atoms with van der Waals surface area (Å²) in [4.78, 5) is 27.2. The number of ether oxygens (including phenoxy) is 2. The Morgan fingerprint density at radius 2 is 1.63 bits per heavy atom. The lowest BCUT2D eigenvalue weighted by atomic mass is 10.1. The van der Waals surface area contributed by atoms with Gasteiger partial charge in [-0.1, -0.05) is 19.1 Å². The van der Waals surface area contributed by atoms with E-state index in [0.29, 0.717) is 12.3 Å². The number of benzene rings is 2. The molecule has 0 aliphatic heterocycles. The molecule has 0 aliphatic carbocycles. The predicted molar refractivity (Wildman–Crippen MR) is 126 cm³/mol. The highest BCUT2D eigenvalue weighted by molar-refractivity contribution is 14.1. The normalized spacial score (nSPS) is 12.6. The Balaban J connectivity index is 2.14. The van der Waals surface area contributed by atoms with Gasteiger partial charge in [0.2, 0.25) is 5.91 Å². The number of amides is 2. The minimum Gasteiger partial charge on any atom is -0.497 e. The van der Waals surface area contributed by atoms with Crippen LogP contribution in [0.2, 0.25) is 0 Å². The van der Waals surface area contributed by atoms with Gasteiger partial charge in [0.15, 0.2) is 6.61 Å². The van der Waals surface area contributed by atoms with Crippen LogP contribution >= 0.6 is 22.6 Å². The molecule has 0 aliphatic rings. The first-order valence-corrected chi connectivity index (χ1v) is 11.0. The number of nitrogens with zero attached hydrogens (tertiary/aromatic N) is 1. The zero-order chi connectivity index (χ0) is 22.1. The van der Waals surface area contributed by atoms with E-state index in [1.807, 2.05) is 62.4 Å². The van der Waals surface area contributed by atoms with Crippen molar-refractivity contribution in [3.8, 4) is 11.5 Å². The van der Waals surface area contributed by atoms with Crippen LogP contribution in [0.5, 0.6) is 11.5 Å². The van der Waals surface area contributed by atoms with Gasteiger partial charge in [-0.3, -0.25) is 9.59 Å². The highest BCUT2D eigenvalue weighted by Gasteiger charge is 2.27. The maximum Gasteiger partial charge on any atom is 0.261 e. The zero-order valence-corrected chi connectivity index (χ0v) is 20.0. The average molecular weight is 524 g/mol. The Kier molecular flexibility index (Phi) is 9.42. The van der Waals surface area contributed by atoms with Crippen LogP contribution in [-0.4, -0.2) is 42.5 Å². The van der Waals surface area contributed by atoms with E-state index in [1.165, 1.54) is 0 Å². The van der Waals surface area contributed by atoms with Gasteiger partial charge in [-0.05, 0) is 84.8 Å². The van der Waals surface area contributed by atoms with Crippen LogP contribution in [0.1, 0.15) is 32.8 Å². The van der Waals surface area contributed by atoms with E-state index >= 15 is 0 Å². The van der Waals surface area contributed by atoms with Crippen LogP contribution in [-0.2, 0) is 16.1 Å². The molecular weight excluding hydrogens is 495 g/mol. The molecular formula is C23H29IN2O4. The number of hydrogen-bond acceptors (Lipinski definition) is 4. The second-order valence-electron chi connectivity index (χ2n) is 7.11. The van der Waals surface area contributed by atoms with Gasteiger partial charge in [0.1, 0.15) is 17.5 Å². The summed E-state index contributed by atoms with van der Waals surface area (Å²) in [5, 5.41) is 2.95. The Morgan fingerprint density at radius 3 is 2.20 bits per heavy atom. The van der Waals surface area contributed by atoms with Crippen molar-refractivity contribution in [2.75, 3.05) is 13.7 Å². The minimum absolute atomic E-state index is 0.0425. The molecule has 162 valence electrons. The Labute approximate surface area is 192 Å². The summed E-state index contributed by atoms with van der Waals surface area (Å²) >= 11 is 2.21. The monoisotopic (exact) mass is 524 g/mol. The molecule has 2 rings (SSSR count). The van der Waals surface area contributed by atoms with E-state index in [0.717, 1.165) is 21.3 Å². The fourth-order valence-corrected chi connectivity index (χ4v) is 3.09. The molecule has 2 atom stereocenters. The second kappa shape index (κ2) is 11.8. The third-order valence-corrected chi connectivity index (χ3v) is 5.58. The van der Waals surface area contributed by atoms with E-state index in [9.17, 15) is 9.59 Å². The minimum atomic E-state index is -0.631. The van der Waals surface area contributed by atoms with Crippen molar-refractivity contribution in [1.82, 2.24) is 10.2 Å². The van der Waals surface area contributed by atoms with Gasteiger partial charge in [0.05, 0.1) is 7.11 Å². The van der Waals surface area contributed by atoms with Crippen LogP contribution in [0, 0.1) is 3.57 Å². The summed E-state index contributed by atoms with van der Waals surface area (Å²) in [6.07, 6.45) is 0.820. The molecule has 30 heavy (non-hydrogen) atoms. The molecule has 0 aromatic heterocycles. The van der Waals surface area contributed by atoms with E-state index in [-0.39, 0.29) is 24.5 Å². The van der Waals surface area contributed by atoms with Crippen molar-refractivity contribution in [1.29, 1.82) is 0 Å². The van der Waals surface area contributed by atoms with Crippen molar-refractivity contribution in [2.24, 2.45) is 0 Å². The average Bonchev–Trinajstić information content (AvgIpc) is 2.76. The van der Waals surface area contributed by atoms with Crippen LogP contribution in [0.4, 0.5) is 0 Å². The summed E-state index contributed by atoms with van der Waals surface area (Å²) in [7, 11) is 1.61. The van der Waals surface area contributed by atoms with E-state index in [4.69, 9.17) is 9.47 Å². The highest BCUT2D eigenvalue weighted by atomic mass is 127. The van der Waals surface area contributed by atoms with Crippen LogP contribution < -0.4 is 14.8 Å². The van der Waals surface area contributed by atoms with Crippen molar-refractivity contribution < 1.29 is 19.1 Å². The SMILES string of the molecule is CC[C@H](C)NC(=O)[C@@H](C)N(Cc1ccc(OC)cc1)C(=O)COc1ccc(I)cc1. The first-order chi connectivity index (χ1) is 14.3. The molecule has 0 heterocycles. The van der Waals surface area contributed by atoms with Crippen LogP contribution in [0.3, 0.4) is 0 Å². The molecule has 0 bridgehead atoms. The summed E-state index contributed by atoms with van der Waals surface area (Å²) in [5.74, 6) is 0.919. The van der Waals surface area contributed by atoms with Crippen molar-refractivity contribution in [3.63, 3.8) is 0 Å². The molecule has 2 amide bonds. The molecule has 0 fully saturated rings. The van der Waals surface area contributed by atoms with Crippen molar-refractivity contribution >= 4 is 34.4 Å². The number of nitrogens with one attached hydrogen (secondary N) is 1. The summed E-state index contributed by atoms with van der Waals surface area (Å²) < 4.78 is 11.9. The molecule has 1 N–H and O–H groups in total. The number of rotatable bonds is 10. The van der Waals surface area contributed by atoms with Gasteiger partial charge >= 0.3 is 0 Å². The molecule has 0 saturated carbocycles. The third kappa shape index (κ3) is 7.19. The summed E-state index contributed by atoms with van der Waals surface area (Å²) in [6, 6.07) is 14.3. The maximum atomic E-state index is 13.0. The van der Waals surface area contributed by atoms with Gasteiger partial charge in [-0.15, -0.1) is 0 Å². The van der Waals surface area contributed by atoms with Gasteiger partial charge in [-0.25, -0.2) is 0 Å². The fourth-order valence-electron chi connectivity index (χ4n) is 2.73. The van der Waals surface area contributed by atoms with Gasteiger partial charge in [0.25, 0.3) is 5.91 Å².